The van der Waals surface area contributed by atoms with Crippen LogP contribution < -0.4 is 0 Å². The zero-order valence-corrected chi connectivity index (χ0v) is 12.8. The topological polar surface area (TPSA) is 77.7 Å². The summed E-state index contributed by atoms with van der Waals surface area (Å²) < 4.78 is 0. The molecule has 0 unspecified atom stereocenters. The molecule has 2 aromatic heterocycles. The molecule has 6 heteroatoms. The molecule has 1 saturated heterocycles. The van der Waals surface area contributed by atoms with Crippen molar-refractivity contribution in [2.45, 2.75) is 19.3 Å². The van der Waals surface area contributed by atoms with Crippen LogP contribution >= 0.6 is 0 Å². The quantitative estimate of drug-likeness (QED) is 0.780. The number of benzene rings is 1. The molecule has 3 heterocycles. The number of amides is 1. The van der Waals surface area contributed by atoms with Gasteiger partial charge in [-0.2, -0.15) is 0 Å². The molecule has 4 rings (SSSR count). The molecule has 1 aromatic carbocycles. The van der Waals surface area contributed by atoms with Gasteiger partial charge in [0.1, 0.15) is 5.82 Å². The molecule has 0 aliphatic carbocycles. The number of aromatic nitrogens is 4. The SMILES string of the molecule is O=C(c1ncc[nH]1)N1CCC(Cc2nc3ccccc3[nH]2)CC1. The minimum absolute atomic E-state index is 0.00260. The molecular formula is C17H19N5O. The first-order chi connectivity index (χ1) is 11.3. The van der Waals surface area contributed by atoms with E-state index < -0.39 is 0 Å². The Morgan fingerprint density at radius 1 is 1.26 bits per heavy atom. The van der Waals surface area contributed by atoms with Crippen molar-refractivity contribution in [2.75, 3.05) is 13.1 Å². The van der Waals surface area contributed by atoms with Crippen molar-refractivity contribution in [1.29, 1.82) is 0 Å². The fourth-order valence-corrected chi connectivity index (χ4v) is 3.25. The van der Waals surface area contributed by atoms with E-state index >= 15 is 0 Å². The van der Waals surface area contributed by atoms with Gasteiger partial charge in [-0.15, -0.1) is 0 Å². The molecule has 0 atom stereocenters. The van der Waals surface area contributed by atoms with Crippen LogP contribution in [0.1, 0.15) is 29.3 Å². The van der Waals surface area contributed by atoms with E-state index in [0.717, 1.165) is 49.2 Å². The number of nitrogens with zero attached hydrogens (tertiary/aromatic N) is 3. The fourth-order valence-electron chi connectivity index (χ4n) is 3.25. The Morgan fingerprint density at radius 3 is 2.83 bits per heavy atom. The standard InChI is InChI=1S/C17H19N5O/c23-17(16-18-7-8-19-16)22-9-5-12(6-10-22)11-15-20-13-3-1-2-4-14(13)21-15/h1-4,7-8,12H,5-6,9-11H2,(H,18,19)(H,20,21). The normalized spacial score (nSPS) is 16.1. The molecule has 118 valence electrons. The second-order valence-electron chi connectivity index (χ2n) is 6.08. The third kappa shape index (κ3) is 2.84. The number of piperidine rings is 1. The number of carbonyl (C=O) groups excluding carboxylic acids is 1. The lowest BCUT2D eigenvalue weighted by atomic mass is 9.93. The van der Waals surface area contributed by atoms with E-state index in [1.165, 1.54) is 0 Å². The number of fused-ring (bicyclic) bond motifs is 1. The van der Waals surface area contributed by atoms with Crippen LogP contribution in [0.25, 0.3) is 11.0 Å². The first-order valence-electron chi connectivity index (χ1n) is 8.02. The van der Waals surface area contributed by atoms with Gasteiger partial charge in [0.2, 0.25) is 0 Å². The predicted octanol–water partition coefficient (Wildman–Crippen LogP) is 2.38. The molecule has 0 spiro atoms. The average Bonchev–Trinajstić information content (AvgIpc) is 3.24. The van der Waals surface area contributed by atoms with E-state index in [-0.39, 0.29) is 5.91 Å². The smallest absolute Gasteiger partial charge is 0.289 e. The molecule has 2 N–H and O–H groups in total. The van der Waals surface area contributed by atoms with Gasteiger partial charge in [0.15, 0.2) is 5.82 Å². The number of nitrogens with one attached hydrogen (secondary N) is 2. The Hall–Kier alpha value is -2.63. The van der Waals surface area contributed by atoms with Gasteiger partial charge in [-0.05, 0) is 30.9 Å². The van der Waals surface area contributed by atoms with Crippen molar-refractivity contribution in [2.24, 2.45) is 5.92 Å². The summed E-state index contributed by atoms with van der Waals surface area (Å²) in [5, 5.41) is 0. The van der Waals surface area contributed by atoms with Gasteiger partial charge in [-0.1, -0.05) is 12.1 Å². The van der Waals surface area contributed by atoms with Crippen LogP contribution in [0.15, 0.2) is 36.7 Å². The van der Waals surface area contributed by atoms with Gasteiger partial charge >= 0.3 is 0 Å². The monoisotopic (exact) mass is 309 g/mol. The van der Waals surface area contributed by atoms with E-state index in [2.05, 4.69) is 26.0 Å². The van der Waals surface area contributed by atoms with Gasteiger partial charge in [-0.3, -0.25) is 4.79 Å². The maximum atomic E-state index is 12.3. The highest BCUT2D eigenvalue weighted by atomic mass is 16.2. The maximum Gasteiger partial charge on any atom is 0.289 e. The van der Waals surface area contributed by atoms with Gasteiger partial charge in [0.25, 0.3) is 5.91 Å². The summed E-state index contributed by atoms with van der Waals surface area (Å²) in [6.45, 7) is 1.56. The van der Waals surface area contributed by atoms with Gasteiger partial charge in [0, 0.05) is 31.9 Å². The highest BCUT2D eigenvalue weighted by molar-refractivity contribution is 5.90. The molecule has 0 saturated carbocycles. The number of rotatable bonds is 3. The van der Waals surface area contributed by atoms with Crippen molar-refractivity contribution in [3.05, 3.63) is 48.3 Å². The van der Waals surface area contributed by atoms with E-state index in [9.17, 15) is 4.79 Å². The Labute approximate surface area is 133 Å². The number of H-pyrrole nitrogens is 2. The molecule has 1 aliphatic rings. The molecule has 6 nitrogen and oxygen atoms in total. The van der Waals surface area contributed by atoms with Gasteiger partial charge in [0.05, 0.1) is 11.0 Å². The van der Waals surface area contributed by atoms with Crippen molar-refractivity contribution in [1.82, 2.24) is 24.8 Å². The Morgan fingerprint density at radius 2 is 2.09 bits per heavy atom. The number of imidazole rings is 2. The van der Waals surface area contributed by atoms with Gasteiger partial charge < -0.3 is 14.9 Å². The summed E-state index contributed by atoms with van der Waals surface area (Å²) in [7, 11) is 0. The van der Waals surface area contributed by atoms with Crippen LogP contribution in [-0.4, -0.2) is 43.8 Å². The summed E-state index contributed by atoms with van der Waals surface area (Å²) in [4.78, 5) is 29.1. The number of likely N-dealkylation sites (tertiary alicyclic amines) is 1. The van der Waals surface area contributed by atoms with Crippen LogP contribution in [-0.2, 0) is 6.42 Å². The average molecular weight is 309 g/mol. The summed E-state index contributed by atoms with van der Waals surface area (Å²) in [5.41, 5.74) is 2.11. The Bertz CT molecular complexity index is 766. The molecule has 0 radical (unpaired) electrons. The van der Waals surface area contributed by atoms with E-state index in [1.54, 1.807) is 12.4 Å². The first kappa shape index (κ1) is 14.0. The third-order valence-corrected chi connectivity index (χ3v) is 4.52. The zero-order valence-electron chi connectivity index (χ0n) is 12.8. The van der Waals surface area contributed by atoms with Crippen LogP contribution in [0.5, 0.6) is 0 Å². The summed E-state index contributed by atoms with van der Waals surface area (Å²) in [6.07, 6.45) is 6.24. The minimum Gasteiger partial charge on any atom is -0.342 e. The molecule has 1 fully saturated rings. The van der Waals surface area contributed by atoms with E-state index in [0.29, 0.717) is 11.7 Å². The lowest BCUT2D eigenvalue weighted by Crippen LogP contribution is -2.39. The lowest BCUT2D eigenvalue weighted by Gasteiger charge is -2.31. The number of carbonyl (C=O) groups is 1. The molecule has 3 aromatic rings. The largest absolute Gasteiger partial charge is 0.342 e. The van der Waals surface area contributed by atoms with Crippen LogP contribution in [0.3, 0.4) is 0 Å². The number of hydrogen-bond acceptors (Lipinski definition) is 3. The Kier molecular flexibility index (Phi) is 3.57. The van der Waals surface area contributed by atoms with Crippen LogP contribution in [0.4, 0.5) is 0 Å². The number of hydrogen-bond donors (Lipinski definition) is 2. The zero-order chi connectivity index (χ0) is 15.6. The Balaban J connectivity index is 1.37. The van der Waals surface area contributed by atoms with Crippen molar-refractivity contribution >= 4 is 16.9 Å². The lowest BCUT2D eigenvalue weighted by molar-refractivity contribution is 0.0678. The molecule has 23 heavy (non-hydrogen) atoms. The van der Waals surface area contributed by atoms with Gasteiger partial charge in [-0.25, -0.2) is 9.97 Å². The highest BCUT2D eigenvalue weighted by Gasteiger charge is 2.25. The number of aromatic amines is 2. The number of para-hydroxylation sites is 2. The summed E-state index contributed by atoms with van der Waals surface area (Å²) >= 11 is 0. The molecule has 0 bridgehead atoms. The van der Waals surface area contributed by atoms with Crippen molar-refractivity contribution < 1.29 is 4.79 Å². The maximum absolute atomic E-state index is 12.3. The van der Waals surface area contributed by atoms with E-state index in [4.69, 9.17) is 0 Å². The molecule has 1 aliphatic heterocycles. The predicted molar refractivity (Wildman–Crippen MR) is 87.0 cm³/mol. The second-order valence-corrected chi connectivity index (χ2v) is 6.08. The fraction of sp³-hybridized carbons (Fsp3) is 0.353. The van der Waals surface area contributed by atoms with Crippen molar-refractivity contribution in [3.63, 3.8) is 0 Å². The molecule has 1 amide bonds. The summed E-state index contributed by atoms with van der Waals surface area (Å²) in [5.74, 6) is 2.04. The summed E-state index contributed by atoms with van der Waals surface area (Å²) in [6, 6.07) is 8.10. The highest BCUT2D eigenvalue weighted by Crippen LogP contribution is 2.22. The van der Waals surface area contributed by atoms with Crippen LogP contribution in [0, 0.1) is 5.92 Å². The minimum atomic E-state index is -0.00260. The molecular weight excluding hydrogens is 290 g/mol. The first-order valence-corrected chi connectivity index (χ1v) is 8.02. The third-order valence-electron chi connectivity index (χ3n) is 4.52. The second kappa shape index (κ2) is 5.87. The van der Waals surface area contributed by atoms with E-state index in [1.807, 2.05) is 23.1 Å². The van der Waals surface area contributed by atoms with Crippen molar-refractivity contribution in [3.8, 4) is 0 Å². The van der Waals surface area contributed by atoms with Crippen LogP contribution in [0.2, 0.25) is 0 Å².